The van der Waals surface area contributed by atoms with E-state index >= 15 is 0 Å². The molecule has 1 atom stereocenters. The Hall–Kier alpha value is -1.65. The van der Waals surface area contributed by atoms with Gasteiger partial charge in [0.15, 0.2) is 0 Å². The number of aromatic nitrogens is 2. The summed E-state index contributed by atoms with van der Waals surface area (Å²) in [5.74, 6) is 0.191. The van der Waals surface area contributed by atoms with E-state index in [-0.39, 0.29) is 18.4 Å². The van der Waals surface area contributed by atoms with Gasteiger partial charge in [-0.3, -0.25) is 4.79 Å². The number of aryl methyl sites for hydroxylation is 1. The first-order valence-corrected chi connectivity index (χ1v) is 4.42. The first-order chi connectivity index (χ1) is 6.58. The van der Waals surface area contributed by atoms with Crippen molar-refractivity contribution in [3.05, 3.63) is 18.0 Å². The van der Waals surface area contributed by atoms with Gasteiger partial charge in [-0.2, -0.15) is 0 Å². The fourth-order valence-electron chi connectivity index (χ4n) is 1.09. The molecule has 0 saturated carbocycles. The zero-order valence-electron chi connectivity index (χ0n) is 8.32. The Morgan fingerprint density at radius 2 is 2.43 bits per heavy atom. The Labute approximate surface area is 82.7 Å². The first-order valence-electron chi connectivity index (χ1n) is 4.42. The van der Waals surface area contributed by atoms with Crippen LogP contribution in [-0.4, -0.2) is 21.9 Å². The molecule has 0 aliphatic rings. The lowest BCUT2D eigenvalue weighted by atomic mass is 10.2. The minimum absolute atomic E-state index is 0.0469. The van der Waals surface area contributed by atoms with Gasteiger partial charge in [0.05, 0.1) is 0 Å². The number of amides is 1. The van der Waals surface area contributed by atoms with Crippen LogP contribution in [-0.2, 0) is 4.79 Å². The Balaban J connectivity index is 2.55. The molecule has 0 fully saturated rings. The summed E-state index contributed by atoms with van der Waals surface area (Å²) in [6.45, 7) is 3.74. The largest absolute Gasteiger partial charge is 0.370 e. The number of carbonyl (C=O) groups is 1. The first kappa shape index (κ1) is 10.4. The Morgan fingerprint density at radius 1 is 1.71 bits per heavy atom. The van der Waals surface area contributed by atoms with E-state index in [0.717, 1.165) is 5.69 Å². The van der Waals surface area contributed by atoms with Crippen LogP contribution in [0.15, 0.2) is 12.3 Å². The van der Waals surface area contributed by atoms with Gasteiger partial charge in [0.2, 0.25) is 11.9 Å². The lowest BCUT2D eigenvalue weighted by Crippen LogP contribution is -2.24. The molecule has 0 aliphatic carbocycles. The van der Waals surface area contributed by atoms with Crippen molar-refractivity contribution in [1.29, 1.82) is 0 Å². The van der Waals surface area contributed by atoms with Crippen molar-refractivity contribution >= 4 is 11.9 Å². The van der Waals surface area contributed by atoms with Gasteiger partial charge in [0, 0.05) is 24.4 Å². The molecule has 14 heavy (non-hydrogen) atoms. The van der Waals surface area contributed by atoms with Crippen molar-refractivity contribution in [1.82, 2.24) is 9.97 Å². The third-order valence-electron chi connectivity index (χ3n) is 1.68. The zero-order chi connectivity index (χ0) is 10.6. The molecule has 1 unspecified atom stereocenters. The number of nitrogens with one attached hydrogen (secondary N) is 1. The topological polar surface area (TPSA) is 80.9 Å². The number of carbonyl (C=O) groups excluding carboxylic acids is 1. The predicted molar refractivity (Wildman–Crippen MR) is 53.7 cm³/mol. The van der Waals surface area contributed by atoms with Gasteiger partial charge < -0.3 is 11.1 Å². The summed E-state index contributed by atoms with van der Waals surface area (Å²) in [4.78, 5) is 18.8. The summed E-state index contributed by atoms with van der Waals surface area (Å²) < 4.78 is 0. The van der Waals surface area contributed by atoms with Crippen LogP contribution in [0.3, 0.4) is 0 Å². The molecule has 0 aliphatic heterocycles. The highest BCUT2D eigenvalue weighted by molar-refractivity contribution is 5.74. The van der Waals surface area contributed by atoms with E-state index in [0.29, 0.717) is 5.95 Å². The van der Waals surface area contributed by atoms with Crippen molar-refractivity contribution < 1.29 is 4.79 Å². The minimum Gasteiger partial charge on any atom is -0.370 e. The van der Waals surface area contributed by atoms with Crippen LogP contribution in [0.25, 0.3) is 0 Å². The summed E-state index contributed by atoms with van der Waals surface area (Å²) in [5, 5.41) is 2.99. The van der Waals surface area contributed by atoms with Crippen molar-refractivity contribution in [3.63, 3.8) is 0 Å². The van der Waals surface area contributed by atoms with Gasteiger partial charge in [0.25, 0.3) is 0 Å². The fourth-order valence-corrected chi connectivity index (χ4v) is 1.09. The van der Waals surface area contributed by atoms with Crippen molar-refractivity contribution in [2.24, 2.45) is 5.73 Å². The van der Waals surface area contributed by atoms with E-state index in [4.69, 9.17) is 5.73 Å². The van der Waals surface area contributed by atoms with Gasteiger partial charge in [-0.05, 0) is 19.9 Å². The molecular formula is C9H14N4O. The second-order valence-corrected chi connectivity index (χ2v) is 3.24. The van der Waals surface area contributed by atoms with Crippen molar-refractivity contribution in [2.75, 3.05) is 5.32 Å². The summed E-state index contributed by atoms with van der Waals surface area (Å²) >= 11 is 0. The molecule has 0 bridgehead atoms. The van der Waals surface area contributed by atoms with E-state index in [1.54, 1.807) is 6.20 Å². The van der Waals surface area contributed by atoms with E-state index in [1.807, 2.05) is 19.9 Å². The monoisotopic (exact) mass is 194 g/mol. The molecule has 3 N–H and O–H groups in total. The van der Waals surface area contributed by atoms with Crippen LogP contribution >= 0.6 is 0 Å². The molecule has 5 nitrogen and oxygen atoms in total. The lowest BCUT2D eigenvalue weighted by molar-refractivity contribution is -0.118. The normalized spacial score (nSPS) is 12.1. The molecule has 1 aromatic heterocycles. The van der Waals surface area contributed by atoms with Gasteiger partial charge in [-0.1, -0.05) is 0 Å². The smallest absolute Gasteiger partial charge is 0.223 e. The van der Waals surface area contributed by atoms with Crippen LogP contribution in [0.1, 0.15) is 19.0 Å². The average molecular weight is 194 g/mol. The summed E-state index contributed by atoms with van der Waals surface area (Å²) in [6.07, 6.45) is 1.94. The van der Waals surface area contributed by atoms with Crippen LogP contribution < -0.4 is 11.1 Å². The number of hydrogen-bond donors (Lipinski definition) is 2. The van der Waals surface area contributed by atoms with Gasteiger partial charge in [-0.15, -0.1) is 0 Å². The molecule has 1 aromatic rings. The van der Waals surface area contributed by atoms with E-state index in [1.165, 1.54) is 0 Å². The summed E-state index contributed by atoms with van der Waals surface area (Å²) in [7, 11) is 0. The number of hydrogen-bond acceptors (Lipinski definition) is 4. The lowest BCUT2D eigenvalue weighted by Gasteiger charge is -2.11. The second kappa shape index (κ2) is 4.55. The Kier molecular flexibility index (Phi) is 3.39. The van der Waals surface area contributed by atoms with Gasteiger partial charge in [0.1, 0.15) is 0 Å². The summed E-state index contributed by atoms with van der Waals surface area (Å²) in [5.41, 5.74) is 5.94. The maximum absolute atomic E-state index is 10.6. The van der Waals surface area contributed by atoms with Crippen LogP contribution in [0.5, 0.6) is 0 Å². The van der Waals surface area contributed by atoms with E-state index < -0.39 is 0 Å². The van der Waals surface area contributed by atoms with Crippen molar-refractivity contribution in [2.45, 2.75) is 26.3 Å². The molecular weight excluding hydrogens is 180 g/mol. The molecule has 1 heterocycles. The molecule has 0 aromatic carbocycles. The maximum Gasteiger partial charge on any atom is 0.223 e. The molecule has 1 rings (SSSR count). The number of primary amides is 1. The molecule has 0 radical (unpaired) electrons. The molecule has 0 spiro atoms. The highest BCUT2D eigenvalue weighted by atomic mass is 16.1. The van der Waals surface area contributed by atoms with Crippen LogP contribution in [0, 0.1) is 6.92 Å². The molecule has 0 saturated heterocycles. The van der Waals surface area contributed by atoms with Gasteiger partial charge >= 0.3 is 0 Å². The number of anilines is 1. The van der Waals surface area contributed by atoms with Crippen molar-refractivity contribution in [3.8, 4) is 0 Å². The second-order valence-electron chi connectivity index (χ2n) is 3.24. The summed E-state index contributed by atoms with van der Waals surface area (Å²) in [6, 6.07) is 1.76. The highest BCUT2D eigenvalue weighted by Gasteiger charge is 2.06. The standard InChI is InChI=1S/C9H14N4O/c1-6-3-4-11-9(12-6)13-7(2)5-8(10)14/h3-4,7H,5H2,1-2H3,(H2,10,14)(H,11,12,13). The number of rotatable bonds is 4. The van der Waals surface area contributed by atoms with Crippen LogP contribution in [0.2, 0.25) is 0 Å². The molecule has 5 heteroatoms. The van der Waals surface area contributed by atoms with Gasteiger partial charge in [-0.25, -0.2) is 9.97 Å². The Bertz CT molecular complexity index is 326. The molecule has 76 valence electrons. The SMILES string of the molecule is Cc1ccnc(NC(C)CC(N)=O)n1. The van der Waals surface area contributed by atoms with E-state index in [2.05, 4.69) is 15.3 Å². The highest BCUT2D eigenvalue weighted by Crippen LogP contribution is 2.02. The third-order valence-corrected chi connectivity index (χ3v) is 1.68. The molecule has 1 amide bonds. The number of nitrogens with two attached hydrogens (primary N) is 1. The average Bonchev–Trinajstić information content (AvgIpc) is 2.01. The van der Waals surface area contributed by atoms with Crippen LogP contribution in [0.4, 0.5) is 5.95 Å². The maximum atomic E-state index is 10.6. The third kappa shape index (κ3) is 3.38. The Morgan fingerprint density at radius 3 is 3.00 bits per heavy atom. The minimum atomic E-state index is -0.336. The number of nitrogens with zero attached hydrogens (tertiary/aromatic N) is 2. The quantitative estimate of drug-likeness (QED) is 0.729. The fraction of sp³-hybridized carbons (Fsp3) is 0.444. The predicted octanol–water partition coefficient (Wildman–Crippen LogP) is 0.461. The zero-order valence-corrected chi connectivity index (χ0v) is 8.32. The van der Waals surface area contributed by atoms with E-state index in [9.17, 15) is 4.79 Å².